The molecular formula is C14H24N2O5. The molecule has 2 saturated heterocycles. The molecule has 0 spiro atoms. The van der Waals surface area contributed by atoms with Crippen LogP contribution in [0.4, 0.5) is 4.79 Å². The Bertz CT molecular complexity index is 431. The number of urea groups is 1. The van der Waals surface area contributed by atoms with Gasteiger partial charge in [0, 0.05) is 6.54 Å². The van der Waals surface area contributed by atoms with Crippen LogP contribution in [-0.4, -0.2) is 77.0 Å². The maximum atomic E-state index is 12.5. The van der Waals surface area contributed by atoms with Crippen LogP contribution in [0, 0.1) is 0 Å². The number of morpholine rings is 1. The summed E-state index contributed by atoms with van der Waals surface area (Å²) in [6.07, 6.45) is 0.00798. The second kappa shape index (κ2) is 5.46. The highest BCUT2D eigenvalue weighted by molar-refractivity contribution is 5.76. The van der Waals surface area contributed by atoms with Gasteiger partial charge in [0.15, 0.2) is 0 Å². The molecule has 1 N–H and O–H groups in total. The third-order valence-corrected chi connectivity index (χ3v) is 3.71. The summed E-state index contributed by atoms with van der Waals surface area (Å²) in [6, 6.07) is -0.0328. The smallest absolute Gasteiger partial charge is 0.329 e. The van der Waals surface area contributed by atoms with Gasteiger partial charge in [-0.1, -0.05) is 0 Å². The fourth-order valence-electron chi connectivity index (χ4n) is 3.02. The average molecular weight is 300 g/mol. The summed E-state index contributed by atoms with van der Waals surface area (Å²) in [6.45, 7) is 9.36. The summed E-state index contributed by atoms with van der Waals surface area (Å²) in [5.74, 6) is -0.996. The number of carbonyl (C=O) groups is 2. The first-order valence-electron chi connectivity index (χ1n) is 7.18. The monoisotopic (exact) mass is 300 g/mol. The number of carboxylic acids is 1. The van der Waals surface area contributed by atoms with Gasteiger partial charge in [0.2, 0.25) is 0 Å². The van der Waals surface area contributed by atoms with Crippen molar-refractivity contribution < 1.29 is 24.2 Å². The Morgan fingerprint density at radius 3 is 2.38 bits per heavy atom. The molecule has 2 rings (SSSR count). The van der Waals surface area contributed by atoms with Crippen molar-refractivity contribution in [3.8, 4) is 0 Å². The lowest BCUT2D eigenvalue weighted by Crippen LogP contribution is -2.67. The molecule has 120 valence electrons. The van der Waals surface area contributed by atoms with Crippen LogP contribution in [0.5, 0.6) is 0 Å². The predicted molar refractivity (Wildman–Crippen MR) is 75.2 cm³/mol. The van der Waals surface area contributed by atoms with Crippen LogP contribution in [0.25, 0.3) is 0 Å². The van der Waals surface area contributed by atoms with Gasteiger partial charge in [0.1, 0.15) is 12.2 Å². The predicted octanol–water partition coefficient (Wildman–Crippen LogP) is 0.781. The van der Waals surface area contributed by atoms with E-state index in [1.165, 1.54) is 0 Å². The van der Waals surface area contributed by atoms with Gasteiger partial charge in [-0.05, 0) is 27.7 Å². The number of rotatable bonds is 3. The molecule has 0 saturated carbocycles. The largest absolute Gasteiger partial charge is 0.480 e. The molecule has 2 aliphatic rings. The Morgan fingerprint density at radius 2 is 1.86 bits per heavy atom. The zero-order valence-electron chi connectivity index (χ0n) is 13.1. The molecule has 0 aromatic carbocycles. The molecule has 1 atom stereocenters. The van der Waals surface area contributed by atoms with E-state index in [4.69, 9.17) is 14.6 Å². The molecule has 0 radical (unpaired) electrons. The minimum Gasteiger partial charge on any atom is -0.480 e. The Hall–Kier alpha value is -1.34. The third-order valence-electron chi connectivity index (χ3n) is 3.71. The van der Waals surface area contributed by atoms with E-state index >= 15 is 0 Å². The first-order chi connectivity index (χ1) is 9.60. The van der Waals surface area contributed by atoms with Gasteiger partial charge in [0.05, 0.1) is 31.3 Å². The van der Waals surface area contributed by atoms with Gasteiger partial charge >= 0.3 is 12.0 Å². The summed E-state index contributed by atoms with van der Waals surface area (Å²) in [5, 5.41) is 8.63. The van der Waals surface area contributed by atoms with E-state index in [0.717, 1.165) is 0 Å². The van der Waals surface area contributed by atoms with Crippen molar-refractivity contribution >= 4 is 12.0 Å². The summed E-state index contributed by atoms with van der Waals surface area (Å²) >= 11 is 0. The van der Waals surface area contributed by atoms with E-state index in [-0.39, 0.29) is 24.3 Å². The summed E-state index contributed by atoms with van der Waals surface area (Å²) in [5.41, 5.74) is -0.900. The summed E-state index contributed by atoms with van der Waals surface area (Å²) in [7, 11) is 0. The highest BCUT2D eigenvalue weighted by Gasteiger charge is 2.45. The second-order valence-electron chi connectivity index (χ2n) is 6.84. The Kier molecular flexibility index (Phi) is 4.17. The van der Waals surface area contributed by atoms with Gasteiger partial charge in [-0.2, -0.15) is 0 Å². The van der Waals surface area contributed by atoms with Crippen LogP contribution in [0.1, 0.15) is 27.7 Å². The minimum atomic E-state index is -0.996. The lowest BCUT2D eigenvalue weighted by atomic mass is 9.96. The topological polar surface area (TPSA) is 79.3 Å². The third kappa shape index (κ3) is 3.85. The molecule has 2 amide bonds. The Balaban J connectivity index is 1.87. The van der Waals surface area contributed by atoms with Crippen LogP contribution in [0.2, 0.25) is 0 Å². The number of likely N-dealkylation sites (tertiary alicyclic amines) is 1. The van der Waals surface area contributed by atoms with Crippen molar-refractivity contribution in [2.45, 2.75) is 45.0 Å². The van der Waals surface area contributed by atoms with Gasteiger partial charge in [0.25, 0.3) is 0 Å². The fraction of sp³-hybridized carbons (Fsp3) is 0.857. The molecule has 7 heteroatoms. The van der Waals surface area contributed by atoms with Crippen molar-refractivity contribution in [3.05, 3.63) is 0 Å². The van der Waals surface area contributed by atoms with E-state index in [0.29, 0.717) is 26.2 Å². The number of aliphatic carboxylic acids is 1. The molecule has 0 aliphatic carbocycles. The highest BCUT2D eigenvalue weighted by atomic mass is 16.5. The van der Waals surface area contributed by atoms with Crippen molar-refractivity contribution in [1.82, 2.24) is 9.80 Å². The van der Waals surface area contributed by atoms with E-state index < -0.39 is 11.6 Å². The lowest BCUT2D eigenvalue weighted by Gasteiger charge is -2.50. The fourth-order valence-corrected chi connectivity index (χ4v) is 3.02. The first-order valence-corrected chi connectivity index (χ1v) is 7.18. The van der Waals surface area contributed by atoms with E-state index in [1.54, 1.807) is 9.80 Å². The van der Waals surface area contributed by atoms with E-state index in [1.807, 2.05) is 27.7 Å². The van der Waals surface area contributed by atoms with Crippen molar-refractivity contribution in [1.29, 1.82) is 0 Å². The Labute approximate surface area is 124 Å². The van der Waals surface area contributed by atoms with E-state index in [2.05, 4.69) is 0 Å². The number of amides is 2. The maximum Gasteiger partial charge on any atom is 0.329 e. The summed E-state index contributed by atoms with van der Waals surface area (Å²) < 4.78 is 11.1. The molecule has 21 heavy (non-hydrogen) atoms. The van der Waals surface area contributed by atoms with Gasteiger partial charge < -0.3 is 24.4 Å². The molecule has 2 fully saturated rings. The molecule has 7 nitrogen and oxygen atoms in total. The zero-order valence-corrected chi connectivity index (χ0v) is 13.1. The Morgan fingerprint density at radius 1 is 1.24 bits per heavy atom. The van der Waals surface area contributed by atoms with Crippen molar-refractivity contribution in [3.63, 3.8) is 0 Å². The molecule has 1 unspecified atom stereocenters. The van der Waals surface area contributed by atoms with Crippen LogP contribution < -0.4 is 0 Å². The van der Waals surface area contributed by atoms with Gasteiger partial charge in [-0.3, -0.25) is 0 Å². The van der Waals surface area contributed by atoms with Gasteiger partial charge in [-0.15, -0.1) is 0 Å². The van der Waals surface area contributed by atoms with Gasteiger partial charge in [-0.25, -0.2) is 9.59 Å². The van der Waals surface area contributed by atoms with E-state index in [9.17, 15) is 9.59 Å². The molecular weight excluding hydrogens is 276 g/mol. The van der Waals surface area contributed by atoms with Crippen molar-refractivity contribution in [2.24, 2.45) is 0 Å². The standard InChI is InChI=1S/C14H24N2O5/c1-10-5-15(7-13(2,3)21-10)12(19)16-8-14(4,9-16)20-6-11(17)18/h10H,5-9H2,1-4H3,(H,17,18). The zero-order chi connectivity index (χ0) is 15.8. The number of carbonyl (C=O) groups excluding carboxylic acids is 1. The molecule has 0 aromatic heterocycles. The highest BCUT2D eigenvalue weighted by Crippen LogP contribution is 2.28. The average Bonchev–Trinajstić information content (AvgIpc) is 2.29. The first kappa shape index (κ1) is 16.0. The quantitative estimate of drug-likeness (QED) is 0.833. The maximum absolute atomic E-state index is 12.5. The number of hydrogen-bond acceptors (Lipinski definition) is 4. The van der Waals surface area contributed by atoms with Crippen LogP contribution >= 0.6 is 0 Å². The molecule has 0 bridgehead atoms. The minimum absolute atomic E-state index is 0.00798. The molecule has 2 aliphatic heterocycles. The van der Waals surface area contributed by atoms with Crippen LogP contribution in [0.15, 0.2) is 0 Å². The van der Waals surface area contributed by atoms with Crippen LogP contribution in [0.3, 0.4) is 0 Å². The van der Waals surface area contributed by atoms with Crippen LogP contribution in [-0.2, 0) is 14.3 Å². The molecule has 0 aromatic rings. The number of carboxylic acid groups (broad SMARTS) is 1. The lowest BCUT2D eigenvalue weighted by molar-refractivity contribution is -0.162. The number of ether oxygens (including phenoxy) is 2. The summed E-state index contributed by atoms with van der Waals surface area (Å²) in [4.78, 5) is 26.5. The number of nitrogens with zero attached hydrogens (tertiary/aromatic N) is 2. The SMILES string of the molecule is CC1CN(C(=O)N2CC(C)(OCC(=O)O)C2)CC(C)(C)O1. The number of hydrogen-bond donors (Lipinski definition) is 1. The second-order valence-corrected chi connectivity index (χ2v) is 6.84. The molecule has 2 heterocycles. The normalized spacial score (nSPS) is 27.1. The van der Waals surface area contributed by atoms with Crippen molar-refractivity contribution in [2.75, 3.05) is 32.8 Å².